The Kier molecular flexibility index (Phi) is 12.4. The maximum absolute atomic E-state index is 14.8. The van der Waals surface area contributed by atoms with Gasteiger partial charge in [0.1, 0.15) is 0 Å². The SMILES string of the molecule is CC(=O)O[C@]1(C)C(=O)C2=CN(CCO)C(CCC[C@H](C)O)=CC2=C(C2=C3C=C(CCC[C@H](C)O)N(CCO)C=C3C(=O)[C@@](C)(OC(C)=O)C2=O)C1=O. The number of rotatable bonds is 15. The zero-order chi connectivity index (χ0) is 38.7. The average molecular weight is 725 g/mol. The number of hydrogen-bond donors (Lipinski definition) is 4. The Labute approximate surface area is 302 Å². The van der Waals surface area contributed by atoms with Crippen LogP contribution in [0.4, 0.5) is 0 Å². The molecule has 0 bridgehead atoms. The Bertz CT molecular complexity index is 1620. The van der Waals surface area contributed by atoms with Crippen molar-refractivity contribution < 1.29 is 58.7 Å². The molecule has 2 aliphatic heterocycles. The van der Waals surface area contributed by atoms with Crippen molar-refractivity contribution >= 4 is 35.1 Å². The first-order valence-electron chi connectivity index (χ1n) is 17.4. The lowest BCUT2D eigenvalue weighted by atomic mass is 9.66. The van der Waals surface area contributed by atoms with Crippen LogP contribution in [-0.4, -0.2) is 115 Å². The third kappa shape index (κ3) is 7.80. The van der Waals surface area contributed by atoms with Gasteiger partial charge in [-0.2, -0.15) is 0 Å². The van der Waals surface area contributed by atoms with Crippen molar-refractivity contribution in [2.24, 2.45) is 0 Å². The first-order chi connectivity index (χ1) is 24.4. The Hall–Kier alpha value is -4.50. The predicted octanol–water partition coefficient (Wildman–Crippen LogP) is 1.78. The molecule has 282 valence electrons. The molecule has 0 saturated carbocycles. The number of β-amino-alcohol motifs (C(OH)–C–C–N with tert-alkyl or cyclic N) is 2. The molecule has 0 unspecified atom stereocenters. The van der Waals surface area contributed by atoms with E-state index < -0.39 is 58.5 Å². The van der Waals surface area contributed by atoms with Crippen LogP contribution >= 0.6 is 0 Å². The maximum Gasteiger partial charge on any atom is 0.304 e. The number of Topliss-reactive ketones (excluding diaryl/α,β-unsaturated/α-hetero) is 4. The second kappa shape index (κ2) is 16.0. The number of ketones is 4. The van der Waals surface area contributed by atoms with Crippen molar-refractivity contribution in [3.63, 3.8) is 0 Å². The fourth-order valence-electron chi connectivity index (χ4n) is 6.97. The summed E-state index contributed by atoms with van der Waals surface area (Å²) < 4.78 is 10.9. The minimum Gasteiger partial charge on any atom is -0.443 e. The van der Waals surface area contributed by atoms with Gasteiger partial charge in [0.15, 0.2) is 0 Å². The molecular weight excluding hydrogens is 676 g/mol. The highest BCUT2D eigenvalue weighted by Gasteiger charge is 2.59. The van der Waals surface area contributed by atoms with Gasteiger partial charge < -0.3 is 39.7 Å². The summed E-state index contributed by atoms with van der Waals surface area (Å²) in [5.74, 6) is -5.71. The Morgan fingerprint density at radius 3 is 1.31 bits per heavy atom. The van der Waals surface area contributed by atoms with Gasteiger partial charge in [0.05, 0.1) is 25.4 Å². The lowest BCUT2D eigenvalue weighted by Gasteiger charge is -2.41. The zero-order valence-electron chi connectivity index (χ0n) is 30.5. The molecule has 0 radical (unpaired) electrons. The molecule has 0 aromatic heterocycles. The molecule has 0 aromatic carbocycles. The Morgan fingerprint density at radius 1 is 0.673 bits per heavy atom. The highest BCUT2D eigenvalue weighted by atomic mass is 16.6. The fourth-order valence-corrected chi connectivity index (χ4v) is 6.97. The van der Waals surface area contributed by atoms with E-state index in [1.165, 1.54) is 12.4 Å². The van der Waals surface area contributed by atoms with Gasteiger partial charge in [0, 0.05) is 84.2 Å². The molecule has 2 aliphatic carbocycles. The van der Waals surface area contributed by atoms with E-state index in [2.05, 4.69) is 0 Å². The lowest BCUT2D eigenvalue weighted by molar-refractivity contribution is -0.168. The number of ether oxygens (including phenoxy) is 2. The minimum atomic E-state index is -2.45. The van der Waals surface area contributed by atoms with E-state index >= 15 is 0 Å². The Morgan fingerprint density at radius 2 is 1.02 bits per heavy atom. The van der Waals surface area contributed by atoms with Gasteiger partial charge in [-0.1, -0.05) is 0 Å². The molecule has 4 N–H and O–H groups in total. The number of carbonyl (C=O) groups excluding carboxylic acids is 6. The molecule has 0 spiro atoms. The summed E-state index contributed by atoms with van der Waals surface area (Å²) in [6, 6.07) is 0. The summed E-state index contributed by atoms with van der Waals surface area (Å²) in [5, 5.41) is 39.6. The van der Waals surface area contributed by atoms with Gasteiger partial charge in [0.25, 0.3) is 0 Å². The number of esters is 2. The summed E-state index contributed by atoms with van der Waals surface area (Å²) in [6.07, 6.45) is 7.23. The lowest BCUT2D eigenvalue weighted by Crippen LogP contribution is -2.56. The van der Waals surface area contributed by atoms with Crippen LogP contribution in [-0.2, 0) is 38.2 Å². The second-order valence-electron chi connectivity index (χ2n) is 13.8. The Balaban J connectivity index is 2.14. The normalized spacial score (nSPS) is 24.5. The van der Waals surface area contributed by atoms with E-state index in [-0.39, 0.29) is 59.7 Å². The van der Waals surface area contributed by atoms with Gasteiger partial charge >= 0.3 is 11.9 Å². The van der Waals surface area contributed by atoms with Gasteiger partial charge in [-0.3, -0.25) is 28.8 Å². The monoisotopic (exact) mass is 724 g/mol. The largest absolute Gasteiger partial charge is 0.443 e. The van der Waals surface area contributed by atoms with E-state index in [0.29, 0.717) is 49.9 Å². The molecule has 4 rings (SSSR count). The highest BCUT2D eigenvalue weighted by Crippen LogP contribution is 2.47. The summed E-state index contributed by atoms with van der Waals surface area (Å²) in [5.41, 5.74) is -4.62. The van der Waals surface area contributed by atoms with Gasteiger partial charge in [-0.25, -0.2) is 0 Å². The molecule has 0 amide bonds. The van der Waals surface area contributed by atoms with Crippen LogP contribution in [0.5, 0.6) is 0 Å². The summed E-state index contributed by atoms with van der Waals surface area (Å²) >= 11 is 0. The molecule has 2 heterocycles. The molecule has 4 atom stereocenters. The second-order valence-corrected chi connectivity index (χ2v) is 13.8. The van der Waals surface area contributed by atoms with Crippen LogP contribution < -0.4 is 0 Å². The van der Waals surface area contributed by atoms with Crippen molar-refractivity contribution in [2.75, 3.05) is 26.3 Å². The topological polar surface area (TPSA) is 208 Å². The van der Waals surface area contributed by atoms with E-state index in [4.69, 9.17) is 9.47 Å². The number of nitrogens with zero attached hydrogens (tertiary/aromatic N) is 2. The highest BCUT2D eigenvalue weighted by molar-refractivity contribution is 6.37. The number of fused-ring (bicyclic) bond motifs is 2. The van der Waals surface area contributed by atoms with Crippen molar-refractivity contribution in [3.05, 3.63) is 69.4 Å². The van der Waals surface area contributed by atoms with Crippen LogP contribution in [0.3, 0.4) is 0 Å². The molecule has 52 heavy (non-hydrogen) atoms. The number of aliphatic hydroxyl groups is 4. The van der Waals surface area contributed by atoms with Crippen molar-refractivity contribution in [1.82, 2.24) is 9.80 Å². The van der Waals surface area contributed by atoms with Crippen LogP contribution in [0.1, 0.15) is 80.1 Å². The van der Waals surface area contributed by atoms with Gasteiger partial charge in [-0.05, 0) is 78.4 Å². The molecule has 0 aromatic rings. The molecule has 0 saturated heterocycles. The standard InChI is InChI=1S/C38H48N2O12/c1-21(43)9-7-11-25-17-27-29(19-39(25)13-15-41)33(47)37(5,51-23(3)45)35(49)31(27)32-28-18-26(12-8-10-22(2)44)40(14-16-42)20-30(28)34(48)38(6,36(32)50)52-24(4)46/h17-22,41-44H,7-16H2,1-6H3/t21-,22-,37+,38+/m0/s1. The van der Waals surface area contributed by atoms with E-state index in [0.717, 1.165) is 27.7 Å². The third-order valence-electron chi connectivity index (χ3n) is 9.46. The van der Waals surface area contributed by atoms with E-state index in [1.807, 2.05) is 0 Å². The maximum atomic E-state index is 14.8. The van der Waals surface area contributed by atoms with Crippen molar-refractivity contribution in [3.8, 4) is 0 Å². The smallest absolute Gasteiger partial charge is 0.304 e. The molecule has 14 nitrogen and oxygen atoms in total. The van der Waals surface area contributed by atoms with Crippen molar-refractivity contribution in [1.29, 1.82) is 0 Å². The molecule has 4 aliphatic rings. The molecule has 0 fully saturated rings. The number of allylic oxidation sites excluding steroid dienone is 6. The minimum absolute atomic E-state index is 0.0115. The quantitative estimate of drug-likeness (QED) is 0.140. The first kappa shape index (κ1) is 40.3. The van der Waals surface area contributed by atoms with E-state index in [9.17, 15) is 49.2 Å². The third-order valence-corrected chi connectivity index (χ3v) is 9.46. The first-order valence-corrected chi connectivity index (χ1v) is 17.4. The van der Waals surface area contributed by atoms with Crippen LogP contribution in [0, 0.1) is 0 Å². The van der Waals surface area contributed by atoms with Crippen LogP contribution in [0.25, 0.3) is 0 Å². The molecular formula is C38H48N2O12. The summed E-state index contributed by atoms with van der Waals surface area (Å²) in [6.45, 7) is 7.08. The van der Waals surface area contributed by atoms with Crippen molar-refractivity contribution in [2.45, 2.75) is 103 Å². The van der Waals surface area contributed by atoms with Gasteiger partial charge in [0.2, 0.25) is 34.3 Å². The number of hydrogen-bond acceptors (Lipinski definition) is 14. The molecule has 14 heteroatoms. The van der Waals surface area contributed by atoms with Crippen LogP contribution in [0.15, 0.2) is 69.4 Å². The fraction of sp³-hybridized carbons (Fsp3) is 0.526. The zero-order valence-corrected chi connectivity index (χ0v) is 30.5. The van der Waals surface area contributed by atoms with E-state index in [1.54, 1.807) is 35.8 Å². The summed E-state index contributed by atoms with van der Waals surface area (Å²) in [7, 11) is 0. The summed E-state index contributed by atoms with van der Waals surface area (Å²) in [4.78, 5) is 86.1. The number of carbonyl (C=O) groups is 6. The van der Waals surface area contributed by atoms with Crippen LogP contribution in [0.2, 0.25) is 0 Å². The number of aliphatic hydroxyl groups excluding tert-OH is 4. The van der Waals surface area contributed by atoms with Gasteiger partial charge in [-0.15, -0.1) is 0 Å². The average Bonchev–Trinajstić information content (AvgIpc) is 3.05. The predicted molar refractivity (Wildman–Crippen MR) is 185 cm³/mol.